The molecule has 0 spiro atoms. The van der Waals surface area contributed by atoms with Crippen LogP contribution in [0.3, 0.4) is 0 Å². The van der Waals surface area contributed by atoms with Gasteiger partial charge in [0, 0.05) is 29.8 Å². The van der Waals surface area contributed by atoms with Gasteiger partial charge in [-0.05, 0) is 37.7 Å². The molecule has 1 aliphatic heterocycles. The number of amides is 1. The minimum Gasteiger partial charge on any atom is -0.329 e. The highest BCUT2D eigenvalue weighted by Gasteiger charge is 2.30. The molecule has 1 fully saturated rings. The Kier molecular flexibility index (Phi) is 3.90. The van der Waals surface area contributed by atoms with E-state index in [9.17, 15) is 4.79 Å². The number of benzene rings is 1. The van der Waals surface area contributed by atoms with Crippen LogP contribution in [0.4, 0.5) is 5.69 Å². The first-order chi connectivity index (χ1) is 8.52. The van der Waals surface area contributed by atoms with Gasteiger partial charge in [0.15, 0.2) is 0 Å². The van der Waals surface area contributed by atoms with Crippen molar-refractivity contribution in [3.05, 3.63) is 28.8 Å². The smallest absolute Gasteiger partial charge is 0.241 e. The maximum atomic E-state index is 12.1. The molecule has 1 saturated heterocycles. The molecule has 1 heterocycles. The van der Waals surface area contributed by atoms with E-state index in [1.807, 2.05) is 42.0 Å². The predicted octanol–water partition coefficient (Wildman–Crippen LogP) is 1.25. The molecule has 0 aromatic heterocycles. The van der Waals surface area contributed by atoms with E-state index in [0.717, 1.165) is 11.3 Å². The number of nitrogens with zero attached hydrogens (tertiary/aromatic N) is 2. The summed E-state index contributed by atoms with van der Waals surface area (Å²) < 4.78 is 0. The zero-order valence-corrected chi connectivity index (χ0v) is 11.4. The maximum Gasteiger partial charge on any atom is 0.241 e. The molecular weight excluding hydrogens is 250 g/mol. The molecule has 0 aliphatic carbocycles. The van der Waals surface area contributed by atoms with Gasteiger partial charge >= 0.3 is 0 Å². The van der Waals surface area contributed by atoms with Gasteiger partial charge in [0.05, 0.1) is 6.54 Å². The first-order valence-electron chi connectivity index (χ1n) is 5.99. The van der Waals surface area contributed by atoms with Crippen LogP contribution in [0.5, 0.6) is 0 Å². The zero-order chi connectivity index (χ0) is 13.3. The number of hydrogen-bond acceptors (Lipinski definition) is 3. The Morgan fingerprint density at radius 3 is 2.83 bits per heavy atom. The molecule has 1 atom stereocenters. The number of aryl methyl sites for hydroxylation is 1. The van der Waals surface area contributed by atoms with E-state index >= 15 is 0 Å². The molecular formula is C13H18ClN3O. The zero-order valence-electron chi connectivity index (χ0n) is 10.7. The van der Waals surface area contributed by atoms with Gasteiger partial charge in [0.25, 0.3) is 0 Å². The van der Waals surface area contributed by atoms with Gasteiger partial charge in [0.2, 0.25) is 5.91 Å². The maximum absolute atomic E-state index is 12.1. The van der Waals surface area contributed by atoms with Crippen LogP contribution in [-0.2, 0) is 4.79 Å². The lowest BCUT2D eigenvalue weighted by Crippen LogP contribution is -2.57. The normalized spacial score (nSPS) is 21.4. The highest BCUT2D eigenvalue weighted by molar-refractivity contribution is 6.30. The lowest BCUT2D eigenvalue weighted by molar-refractivity contribution is -0.121. The van der Waals surface area contributed by atoms with Gasteiger partial charge in [-0.3, -0.25) is 9.69 Å². The van der Waals surface area contributed by atoms with Crippen LogP contribution in [0.15, 0.2) is 18.2 Å². The van der Waals surface area contributed by atoms with Crippen molar-refractivity contribution in [1.29, 1.82) is 0 Å². The number of hydrogen-bond donors (Lipinski definition) is 1. The Hall–Kier alpha value is -1.10. The van der Waals surface area contributed by atoms with E-state index in [1.54, 1.807) is 0 Å². The van der Waals surface area contributed by atoms with Crippen LogP contribution >= 0.6 is 11.6 Å². The molecule has 2 N–H and O–H groups in total. The largest absolute Gasteiger partial charge is 0.329 e. The summed E-state index contributed by atoms with van der Waals surface area (Å²) in [5, 5.41) is 0.688. The molecule has 1 aromatic rings. The third-order valence-corrected chi connectivity index (χ3v) is 3.66. The second-order valence-corrected chi connectivity index (χ2v) is 5.18. The van der Waals surface area contributed by atoms with Crippen molar-refractivity contribution >= 4 is 23.2 Å². The van der Waals surface area contributed by atoms with Crippen molar-refractivity contribution in [2.75, 3.05) is 31.6 Å². The van der Waals surface area contributed by atoms with E-state index in [0.29, 0.717) is 24.7 Å². The summed E-state index contributed by atoms with van der Waals surface area (Å²) >= 11 is 5.94. The Morgan fingerprint density at radius 2 is 2.22 bits per heavy atom. The SMILES string of the molecule is Cc1cc(Cl)ccc1N1CC(CN)N(C)CC1=O. The Bertz CT molecular complexity index is 464. The van der Waals surface area contributed by atoms with E-state index < -0.39 is 0 Å². The van der Waals surface area contributed by atoms with Crippen molar-refractivity contribution in [1.82, 2.24) is 4.90 Å². The molecule has 1 aromatic carbocycles. The third kappa shape index (κ3) is 2.51. The van der Waals surface area contributed by atoms with Gasteiger partial charge < -0.3 is 10.6 Å². The molecule has 98 valence electrons. The lowest BCUT2D eigenvalue weighted by atomic mass is 10.1. The van der Waals surface area contributed by atoms with Crippen LogP contribution in [0, 0.1) is 6.92 Å². The molecule has 1 aliphatic rings. The fraction of sp³-hybridized carbons (Fsp3) is 0.462. The van der Waals surface area contributed by atoms with Gasteiger partial charge in [-0.25, -0.2) is 0 Å². The van der Waals surface area contributed by atoms with Crippen LogP contribution < -0.4 is 10.6 Å². The first-order valence-corrected chi connectivity index (χ1v) is 6.37. The number of nitrogens with two attached hydrogens (primary N) is 1. The van der Waals surface area contributed by atoms with Crippen molar-refractivity contribution in [3.63, 3.8) is 0 Å². The number of piperazine rings is 1. The molecule has 5 heteroatoms. The monoisotopic (exact) mass is 267 g/mol. The number of rotatable bonds is 2. The van der Waals surface area contributed by atoms with Crippen molar-refractivity contribution < 1.29 is 4.79 Å². The van der Waals surface area contributed by atoms with Crippen LogP contribution in [-0.4, -0.2) is 43.5 Å². The summed E-state index contributed by atoms with van der Waals surface area (Å²) in [7, 11) is 1.93. The number of likely N-dealkylation sites (N-methyl/N-ethyl adjacent to an activating group) is 1. The molecule has 0 radical (unpaired) electrons. The standard InChI is InChI=1S/C13H18ClN3O/c1-9-5-10(14)3-4-12(9)17-7-11(6-15)16(2)8-13(17)18/h3-5,11H,6-8,15H2,1-2H3. The molecule has 0 bridgehead atoms. The highest BCUT2D eigenvalue weighted by atomic mass is 35.5. The van der Waals surface area contributed by atoms with Crippen molar-refractivity contribution in [2.45, 2.75) is 13.0 Å². The summed E-state index contributed by atoms with van der Waals surface area (Å²) in [4.78, 5) is 15.9. The second-order valence-electron chi connectivity index (χ2n) is 4.74. The molecule has 4 nitrogen and oxygen atoms in total. The number of halogens is 1. The average Bonchev–Trinajstić information content (AvgIpc) is 2.30. The Morgan fingerprint density at radius 1 is 1.50 bits per heavy atom. The van der Waals surface area contributed by atoms with Gasteiger partial charge in [0.1, 0.15) is 0 Å². The molecule has 1 unspecified atom stereocenters. The van der Waals surface area contributed by atoms with E-state index in [2.05, 4.69) is 0 Å². The second kappa shape index (κ2) is 5.26. The van der Waals surface area contributed by atoms with E-state index in [4.69, 9.17) is 17.3 Å². The number of carbonyl (C=O) groups is 1. The fourth-order valence-corrected chi connectivity index (χ4v) is 2.52. The van der Waals surface area contributed by atoms with Gasteiger partial charge in [-0.1, -0.05) is 11.6 Å². The summed E-state index contributed by atoms with van der Waals surface area (Å²) in [6.45, 7) is 3.55. The number of carbonyl (C=O) groups excluding carboxylic acids is 1. The number of anilines is 1. The lowest BCUT2D eigenvalue weighted by Gasteiger charge is -2.39. The van der Waals surface area contributed by atoms with Crippen LogP contribution in [0.25, 0.3) is 0 Å². The minimum absolute atomic E-state index is 0.104. The third-order valence-electron chi connectivity index (χ3n) is 3.42. The summed E-state index contributed by atoms with van der Waals surface area (Å²) in [6.07, 6.45) is 0. The summed E-state index contributed by atoms with van der Waals surface area (Å²) in [6, 6.07) is 5.79. The van der Waals surface area contributed by atoms with Gasteiger partial charge in [-0.15, -0.1) is 0 Å². The van der Waals surface area contributed by atoms with E-state index in [-0.39, 0.29) is 11.9 Å². The quantitative estimate of drug-likeness (QED) is 0.878. The minimum atomic E-state index is 0.104. The highest BCUT2D eigenvalue weighted by Crippen LogP contribution is 2.26. The average molecular weight is 268 g/mol. The first kappa shape index (κ1) is 13.3. The summed E-state index contributed by atoms with van der Waals surface area (Å²) in [5.41, 5.74) is 7.68. The fourth-order valence-electron chi connectivity index (χ4n) is 2.29. The molecule has 0 saturated carbocycles. The van der Waals surface area contributed by atoms with E-state index in [1.165, 1.54) is 0 Å². The van der Waals surface area contributed by atoms with Crippen LogP contribution in [0.2, 0.25) is 5.02 Å². The summed E-state index contributed by atoms with van der Waals surface area (Å²) in [5.74, 6) is 0.104. The van der Waals surface area contributed by atoms with Crippen molar-refractivity contribution in [2.24, 2.45) is 5.73 Å². The topological polar surface area (TPSA) is 49.6 Å². The predicted molar refractivity (Wildman–Crippen MR) is 74.0 cm³/mol. The Labute approximate surface area is 112 Å². The Balaban J connectivity index is 2.29. The van der Waals surface area contributed by atoms with Crippen molar-refractivity contribution in [3.8, 4) is 0 Å². The molecule has 2 rings (SSSR count). The van der Waals surface area contributed by atoms with Crippen LogP contribution in [0.1, 0.15) is 5.56 Å². The molecule has 1 amide bonds. The molecule has 18 heavy (non-hydrogen) atoms. The van der Waals surface area contributed by atoms with Gasteiger partial charge in [-0.2, -0.15) is 0 Å².